The summed E-state index contributed by atoms with van der Waals surface area (Å²) in [7, 11) is 0. The van der Waals surface area contributed by atoms with Crippen LogP contribution in [0.4, 0.5) is 5.69 Å². The van der Waals surface area contributed by atoms with Crippen LogP contribution in [0.5, 0.6) is 0 Å². The van der Waals surface area contributed by atoms with Gasteiger partial charge in [0.1, 0.15) is 4.88 Å². The van der Waals surface area contributed by atoms with E-state index in [1.807, 2.05) is 47.9 Å². The fourth-order valence-corrected chi connectivity index (χ4v) is 4.98. The molecule has 3 aromatic heterocycles. The number of carbonyl (C=O) groups excluding carboxylic acids is 2. The molecule has 0 spiro atoms. The Hall–Kier alpha value is -3.37. The Morgan fingerprint density at radius 2 is 1.97 bits per heavy atom. The normalized spacial score (nSPS) is 10.8. The molecule has 1 amide bonds. The number of aromatic nitrogens is 3. The lowest BCUT2D eigenvalue weighted by atomic mass is 10.2. The molecular formula is C23H22N4O4S2. The van der Waals surface area contributed by atoms with E-state index in [1.165, 1.54) is 23.1 Å². The molecule has 4 aromatic rings. The van der Waals surface area contributed by atoms with Crippen LogP contribution in [0.1, 0.15) is 23.5 Å². The molecule has 0 fully saturated rings. The molecular weight excluding hydrogens is 460 g/mol. The van der Waals surface area contributed by atoms with Gasteiger partial charge >= 0.3 is 5.97 Å². The first-order valence-electron chi connectivity index (χ1n) is 10.4. The quantitative estimate of drug-likeness (QED) is 0.259. The van der Waals surface area contributed by atoms with Crippen LogP contribution in [-0.4, -0.2) is 39.0 Å². The number of nitrogens with zero attached hydrogens (tertiary/aromatic N) is 3. The highest BCUT2D eigenvalue weighted by atomic mass is 32.2. The van der Waals surface area contributed by atoms with Crippen molar-refractivity contribution < 1.29 is 18.7 Å². The molecule has 0 aliphatic carbocycles. The molecule has 4 rings (SSSR count). The first kappa shape index (κ1) is 22.8. The van der Waals surface area contributed by atoms with Crippen LogP contribution in [0, 0.1) is 0 Å². The van der Waals surface area contributed by atoms with Crippen LogP contribution in [-0.2, 0) is 16.1 Å². The summed E-state index contributed by atoms with van der Waals surface area (Å²) < 4.78 is 12.5. The number of benzene rings is 1. The lowest BCUT2D eigenvalue weighted by molar-refractivity contribution is -0.113. The number of anilines is 1. The van der Waals surface area contributed by atoms with Crippen molar-refractivity contribution in [3.63, 3.8) is 0 Å². The molecule has 0 radical (unpaired) electrons. The highest BCUT2D eigenvalue weighted by molar-refractivity contribution is 7.99. The van der Waals surface area contributed by atoms with E-state index in [-0.39, 0.29) is 18.3 Å². The van der Waals surface area contributed by atoms with E-state index in [2.05, 4.69) is 15.5 Å². The minimum atomic E-state index is -0.457. The van der Waals surface area contributed by atoms with Crippen LogP contribution in [0.25, 0.3) is 22.0 Å². The molecule has 0 unspecified atom stereocenters. The zero-order chi connectivity index (χ0) is 23.2. The minimum absolute atomic E-state index is 0.106. The van der Waals surface area contributed by atoms with Gasteiger partial charge in [-0.05, 0) is 37.6 Å². The minimum Gasteiger partial charge on any atom is -0.462 e. The van der Waals surface area contributed by atoms with Crippen LogP contribution in [0.15, 0.2) is 64.4 Å². The van der Waals surface area contributed by atoms with Gasteiger partial charge in [-0.3, -0.25) is 9.36 Å². The van der Waals surface area contributed by atoms with Crippen molar-refractivity contribution in [1.29, 1.82) is 0 Å². The lowest BCUT2D eigenvalue weighted by Gasteiger charge is -2.07. The van der Waals surface area contributed by atoms with Crippen LogP contribution < -0.4 is 5.32 Å². The molecule has 0 saturated carbocycles. The standard InChI is InChI=1S/C23H22N4O4S2/c1-3-27-21(17-11-8-12-31-17)25-26-23(27)32-14-19(28)24-16-13-18(15-9-6-5-7-10-15)33-20(16)22(29)30-4-2/h5-13H,3-4,14H2,1-2H3,(H,24,28). The predicted octanol–water partition coefficient (Wildman–Crippen LogP) is 5.19. The van der Waals surface area contributed by atoms with Crippen LogP contribution >= 0.6 is 23.1 Å². The molecule has 1 aromatic carbocycles. The number of thioether (sulfide) groups is 1. The Bertz CT molecular complexity index is 1230. The fourth-order valence-electron chi connectivity index (χ4n) is 3.16. The average molecular weight is 483 g/mol. The Morgan fingerprint density at radius 1 is 1.15 bits per heavy atom. The summed E-state index contributed by atoms with van der Waals surface area (Å²) in [5.74, 6) is 0.621. The van der Waals surface area contributed by atoms with Crippen molar-refractivity contribution in [3.8, 4) is 22.0 Å². The Kier molecular flexibility index (Phi) is 7.26. The van der Waals surface area contributed by atoms with Crippen LogP contribution in [0.2, 0.25) is 0 Å². The maximum atomic E-state index is 12.7. The number of esters is 1. The van der Waals surface area contributed by atoms with Gasteiger partial charge in [0.05, 0.1) is 24.3 Å². The second kappa shape index (κ2) is 10.5. The smallest absolute Gasteiger partial charge is 0.350 e. The number of thiophene rings is 1. The van der Waals surface area contributed by atoms with E-state index >= 15 is 0 Å². The van der Waals surface area contributed by atoms with Crippen LogP contribution in [0.3, 0.4) is 0 Å². The number of furan rings is 1. The molecule has 8 nitrogen and oxygen atoms in total. The second-order valence-corrected chi connectivity index (χ2v) is 8.80. The maximum Gasteiger partial charge on any atom is 0.350 e. The summed E-state index contributed by atoms with van der Waals surface area (Å²) >= 11 is 2.56. The van der Waals surface area contributed by atoms with Gasteiger partial charge in [0.15, 0.2) is 16.7 Å². The summed E-state index contributed by atoms with van der Waals surface area (Å²) in [6.45, 7) is 4.61. The highest BCUT2D eigenvalue weighted by Gasteiger charge is 2.21. The monoisotopic (exact) mass is 482 g/mol. The summed E-state index contributed by atoms with van der Waals surface area (Å²) in [6, 6.07) is 15.1. The second-order valence-electron chi connectivity index (χ2n) is 6.80. The number of hydrogen-bond acceptors (Lipinski definition) is 8. The summed E-state index contributed by atoms with van der Waals surface area (Å²) in [6.07, 6.45) is 1.58. The molecule has 0 aliphatic heterocycles. The number of amides is 1. The zero-order valence-electron chi connectivity index (χ0n) is 18.1. The van der Waals surface area contributed by atoms with Crippen molar-refractivity contribution in [2.75, 3.05) is 17.7 Å². The molecule has 10 heteroatoms. The summed E-state index contributed by atoms with van der Waals surface area (Å²) in [5.41, 5.74) is 1.40. The number of nitrogens with one attached hydrogen (secondary N) is 1. The molecule has 0 atom stereocenters. The van der Waals surface area contributed by atoms with E-state index in [9.17, 15) is 9.59 Å². The molecule has 3 heterocycles. The van der Waals surface area contributed by atoms with Gasteiger partial charge in [0, 0.05) is 11.4 Å². The first-order chi connectivity index (χ1) is 16.1. The number of carbonyl (C=O) groups is 2. The van der Waals surface area contributed by atoms with Crippen molar-refractivity contribution >= 4 is 40.7 Å². The van der Waals surface area contributed by atoms with E-state index in [0.29, 0.717) is 33.9 Å². The van der Waals surface area contributed by atoms with Gasteiger partial charge in [0.2, 0.25) is 5.91 Å². The fraction of sp³-hybridized carbons (Fsp3) is 0.217. The van der Waals surface area contributed by atoms with Gasteiger partial charge in [-0.2, -0.15) is 0 Å². The van der Waals surface area contributed by atoms with Gasteiger partial charge in [-0.25, -0.2) is 4.79 Å². The van der Waals surface area contributed by atoms with E-state index in [4.69, 9.17) is 9.15 Å². The third-order valence-electron chi connectivity index (χ3n) is 4.63. The molecule has 33 heavy (non-hydrogen) atoms. The first-order valence-corrected chi connectivity index (χ1v) is 12.2. The van der Waals surface area contributed by atoms with Gasteiger partial charge < -0.3 is 14.5 Å². The van der Waals surface area contributed by atoms with Crippen molar-refractivity contribution in [1.82, 2.24) is 14.8 Å². The van der Waals surface area contributed by atoms with E-state index in [1.54, 1.807) is 25.3 Å². The maximum absolute atomic E-state index is 12.7. The zero-order valence-corrected chi connectivity index (χ0v) is 19.7. The third kappa shape index (κ3) is 5.18. The van der Waals surface area contributed by atoms with Gasteiger partial charge in [0.25, 0.3) is 0 Å². The topological polar surface area (TPSA) is 99.2 Å². The largest absolute Gasteiger partial charge is 0.462 e. The number of hydrogen-bond donors (Lipinski definition) is 1. The third-order valence-corrected chi connectivity index (χ3v) is 6.76. The molecule has 170 valence electrons. The van der Waals surface area contributed by atoms with Crippen molar-refractivity contribution in [3.05, 3.63) is 59.7 Å². The summed E-state index contributed by atoms with van der Waals surface area (Å²) in [5, 5.41) is 11.9. The average Bonchev–Trinajstić information content (AvgIpc) is 3.57. The van der Waals surface area contributed by atoms with Crippen molar-refractivity contribution in [2.24, 2.45) is 0 Å². The van der Waals surface area contributed by atoms with E-state index in [0.717, 1.165) is 10.4 Å². The lowest BCUT2D eigenvalue weighted by Crippen LogP contribution is -2.16. The Balaban J connectivity index is 1.49. The van der Waals surface area contributed by atoms with E-state index < -0.39 is 5.97 Å². The number of ether oxygens (including phenoxy) is 1. The molecule has 0 saturated heterocycles. The van der Waals surface area contributed by atoms with Gasteiger partial charge in [-0.1, -0.05) is 42.1 Å². The number of rotatable bonds is 9. The molecule has 0 aliphatic rings. The SMILES string of the molecule is CCOC(=O)c1sc(-c2ccccc2)cc1NC(=O)CSc1nnc(-c2ccco2)n1CC. The predicted molar refractivity (Wildman–Crippen MR) is 128 cm³/mol. The molecule has 0 bridgehead atoms. The van der Waals surface area contributed by atoms with Crippen molar-refractivity contribution in [2.45, 2.75) is 25.5 Å². The Morgan fingerprint density at radius 3 is 2.67 bits per heavy atom. The highest BCUT2D eigenvalue weighted by Crippen LogP contribution is 2.35. The summed E-state index contributed by atoms with van der Waals surface area (Å²) in [4.78, 5) is 26.5. The Labute approximate surface area is 199 Å². The van der Waals surface area contributed by atoms with Gasteiger partial charge in [-0.15, -0.1) is 21.5 Å². The molecule has 1 N–H and O–H groups in total.